The van der Waals surface area contributed by atoms with E-state index < -0.39 is 0 Å². The lowest BCUT2D eigenvalue weighted by Crippen LogP contribution is -2.44. The molecule has 2 aromatic heterocycles. The van der Waals surface area contributed by atoms with Gasteiger partial charge in [-0.2, -0.15) is 10.4 Å². The second kappa shape index (κ2) is 12.8. The van der Waals surface area contributed by atoms with Crippen molar-refractivity contribution in [3.05, 3.63) is 124 Å². The van der Waals surface area contributed by atoms with Gasteiger partial charge in [0.15, 0.2) is 11.5 Å². The number of ketones is 1. The van der Waals surface area contributed by atoms with E-state index in [0.29, 0.717) is 29.1 Å². The fraction of sp³-hybridized carbons (Fsp3) is 0.250. The molecule has 1 fully saturated rings. The predicted octanol–water partition coefficient (Wildman–Crippen LogP) is 4.57. The lowest BCUT2D eigenvalue weighted by atomic mass is 10.0. The molecule has 0 bridgehead atoms. The quantitative estimate of drug-likeness (QED) is 0.245. The van der Waals surface area contributed by atoms with Crippen molar-refractivity contribution in [1.82, 2.24) is 25.0 Å². The van der Waals surface area contributed by atoms with Crippen LogP contribution in [0.25, 0.3) is 4.85 Å². The predicted molar refractivity (Wildman–Crippen MR) is 153 cm³/mol. The van der Waals surface area contributed by atoms with Gasteiger partial charge in [0.1, 0.15) is 5.69 Å². The van der Waals surface area contributed by atoms with E-state index in [-0.39, 0.29) is 29.8 Å². The van der Waals surface area contributed by atoms with Gasteiger partial charge in [0.05, 0.1) is 36.9 Å². The summed E-state index contributed by atoms with van der Waals surface area (Å²) in [6.45, 7) is 10.2. The number of pyridine rings is 1. The molecule has 1 saturated heterocycles. The molecular formula is C32H29N7O2. The summed E-state index contributed by atoms with van der Waals surface area (Å²) >= 11 is 0. The van der Waals surface area contributed by atoms with Gasteiger partial charge in [-0.05, 0) is 54.3 Å². The number of Topliss-reactive ketones (excluding diaryl/α,β-unsaturated/α-hetero) is 1. The third-order valence-electron chi connectivity index (χ3n) is 7.18. The Morgan fingerprint density at radius 2 is 1.68 bits per heavy atom. The van der Waals surface area contributed by atoms with Crippen LogP contribution in [-0.2, 0) is 19.5 Å². The molecule has 41 heavy (non-hydrogen) atoms. The maximum Gasteiger partial charge on any atom is 0.270 e. The number of hydrogen-bond acceptors (Lipinski definition) is 6. The third-order valence-corrected chi connectivity index (χ3v) is 7.18. The van der Waals surface area contributed by atoms with Crippen molar-refractivity contribution < 1.29 is 9.59 Å². The minimum absolute atomic E-state index is 0.0727. The topological polar surface area (TPSA) is 108 Å². The van der Waals surface area contributed by atoms with E-state index in [1.807, 2.05) is 48.7 Å². The number of carbonyl (C=O) groups is 2. The first kappa shape index (κ1) is 27.4. The van der Waals surface area contributed by atoms with Crippen molar-refractivity contribution in [2.75, 3.05) is 13.1 Å². The van der Waals surface area contributed by atoms with Crippen molar-refractivity contribution >= 4 is 17.4 Å². The average Bonchev–Trinajstić information content (AvgIpc) is 3.45. The number of piperidine rings is 1. The number of amides is 1. The maximum absolute atomic E-state index is 12.8. The standard InChI is InChI=1S/C32H29N7O2/c1-34-27-9-6-25(7-10-27)22-39-17-14-29(37-39)18-31(40)26-8-11-30(35-20-26)32(41)36-28-12-15-38(16-13-28)21-24-4-2-23(19-33)3-5-24/h2-11,14,17,20,28H,12-13,15-16,18,21-22H2,(H,36,41). The molecule has 0 radical (unpaired) electrons. The minimum Gasteiger partial charge on any atom is -0.348 e. The summed E-state index contributed by atoms with van der Waals surface area (Å²) in [7, 11) is 0. The Morgan fingerprint density at radius 3 is 2.34 bits per heavy atom. The molecular weight excluding hydrogens is 514 g/mol. The first-order chi connectivity index (χ1) is 20.0. The second-order valence-electron chi connectivity index (χ2n) is 10.1. The molecule has 5 rings (SSSR count). The average molecular weight is 544 g/mol. The number of nitriles is 1. The Kier molecular flexibility index (Phi) is 8.58. The highest BCUT2D eigenvalue weighted by Crippen LogP contribution is 2.16. The van der Waals surface area contributed by atoms with Crippen molar-refractivity contribution in [2.45, 2.75) is 38.4 Å². The lowest BCUT2D eigenvalue weighted by Gasteiger charge is -2.32. The summed E-state index contributed by atoms with van der Waals surface area (Å²) in [6, 6.07) is 22.2. The van der Waals surface area contributed by atoms with Gasteiger partial charge in [0, 0.05) is 43.6 Å². The lowest BCUT2D eigenvalue weighted by molar-refractivity contribution is 0.0902. The molecule has 3 heterocycles. The molecule has 204 valence electrons. The van der Waals surface area contributed by atoms with Crippen LogP contribution >= 0.6 is 0 Å². The maximum atomic E-state index is 12.8. The summed E-state index contributed by atoms with van der Waals surface area (Å²) < 4.78 is 1.76. The van der Waals surface area contributed by atoms with Crippen molar-refractivity contribution in [3.8, 4) is 6.07 Å². The fourth-order valence-electron chi connectivity index (χ4n) is 4.85. The van der Waals surface area contributed by atoms with Crippen LogP contribution in [0.5, 0.6) is 0 Å². The van der Waals surface area contributed by atoms with Gasteiger partial charge in [-0.15, -0.1) is 0 Å². The number of aromatic nitrogens is 3. The zero-order chi connectivity index (χ0) is 28.6. The fourth-order valence-corrected chi connectivity index (χ4v) is 4.85. The molecule has 0 aliphatic carbocycles. The van der Waals surface area contributed by atoms with E-state index in [2.05, 4.69) is 31.2 Å². The molecule has 0 unspecified atom stereocenters. The molecule has 0 saturated carbocycles. The Balaban J connectivity index is 1.08. The molecule has 1 aliphatic rings. The largest absolute Gasteiger partial charge is 0.348 e. The van der Waals surface area contributed by atoms with Gasteiger partial charge in [0.25, 0.3) is 5.91 Å². The number of rotatable bonds is 9. The second-order valence-corrected chi connectivity index (χ2v) is 10.1. The zero-order valence-corrected chi connectivity index (χ0v) is 22.5. The van der Waals surface area contributed by atoms with Crippen LogP contribution in [0.1, 0.15) is 56.1 Å². The highest BCUT2D eigenvalue weighted by Gasteiger charge is 2.22. The Morgan fingerprint density at radius 1 is 0.976 bits per heavy atom. The van der Waals surface area contributed by atoms with Gasteiger partial charge < -0.3 is 5.32 Å². The number of likely N-dealkylation sites (tertiary alicyclic amines) is 1. The number of benzene rings is 2. The van der Waals surface area contributed by atoms with Crippen molar-refractivity contribution in [2.24, 2.45) is 0 Å². The van der Waals surface area contributed by atoms with Crippen LogP contribution in [0.2, 0.25) is 0 Å². The molecule has 1 amide bonds. The van der Waals surface area contributed by atoms with Crippen molar-refractivity contribution in [1.29, 1.82) is 5.26 Å². The molecule has 0 spiro atoms. The Hall–Kier alpha value is -5.12. The van der Waals surface area contributed by atoms with Gasteiger partial charge >= 0.3 is 0 Å². The number of nitrogens with zero attached hydrogens (tertiary/aromatic N) is 6. The van der Waals surface area contributed by atoms with Crippen LogP contribution in [0.4, 0.5) is 5.69 Å². The Labute approximate surface area is 238 Å². The van der Waals surface area contributed by atoms with E-state index in [1.54, 1.807) is 28.9 Å². The first-order valence-electron chi connectivity index (χ1n) is 13.5. The van der Waals surface area contributed by atoms with Crippen LogP contribution in [0.15, 0.2) is 79.1 Å². The molecule has 0 atom stereocenters. The van der Waals surface area contributed by atoms with E-state index in [0.717, 1.165) is 38.0 Å². The molecule has 1 N–H and O–H groups in total. The molecule has 9 heteroatoms. The van der Waals surface area contributed by atoms with Crippen molar-refractivity contribution in [3.63, 3.8) is 0 Å². The van der Waals surface area contributed by atoms with E-state index in [9.17, 15) is 9.59 Å². The van der Waals surface area contributed by atoms with Crippen LogP contribution < -0.4 is 5.32 Å². The summed E-state index contributed by atoms with van der Waals surface area (Å²) in [4.78, 5) is 35.6. The third kappa shape index (κ3) is 7.30. The molecule has 9 nitrogen and oxygen atoms in total. The Bertz CT molecular complexity index is 1590. The molecule has 4 aromatic rings. The van der Waals surface area contributed by atoms with Gasteiger partial charge in [-0.1, -0.05) is 36.4 Å². The summed E-state index contributed by atoms with van der Waals surface area (Å²) in [5, 5.41) is 16.5. The SMILES string of the molecule is [C-]#[N+]c1ccc(Cn2ccc(CC(=O)c3ccc(C(=O)NC4CCN(Cc5ccc(C#N)cc5)CC4)nc3)n2)cc1. The highest BCUT2D eigenvalue weighted by atomic mass is 16.2. The molecule has 2 aromatic carbocycles. The van der Waals surface area contributed by atoms with E-state index in [4.69, 9.17) is 11.8 Å². The number of nitrogens with one attached hydrogen (secondary N) is 1. The van der Waals surface area contributed by atoms with Gasteiger partial charge in [-0.3, -0.25) is 24.2 Å². The highest BCUT2D eigenvalue weighted by molar-refractivity contribution is 5.98. The van der Waals surface area contributed by atoms with Crippen LogP contribution in [0, 0.1) is 17.9 Å². The summed E-state index contributed by atoms with van der Waals surface area (Å²) in [6.07, 6.45) is 5.11. The zero-order valence-electron chi connectivity index (χ0n) is 22.5. The van der Waals surface area contributed by atoms with Gasteiger partial charge in [0.2, 0.25) is 0 Å². The van der Waals surface area contributed by atoms with Crippen LogP contribution in [0.3, 0.4) is 0 Å². The summed E-state index contributed by atoms with van der Waals surface area (Å²) in [5.41, 5.74) is 4.81. The van der Waals surface area contributed by atoms with E-state index >= 15 is 0 Å². The van der Waals surface area contributed by atoms with E-state index in [1.165, 1.54) is 11.8 Å². The van der Waals surface area contributed by atoms with Gasteiger partial charge in [-0.25, -0.2) is 4.85 Å². The smallest absolute Gasteiger partial charge is 0.270 e. The summed E-state index contributed by atoms with van der Waals surface area (Å²) in [5.74, 6) is -0.358. The monoisotopic (exact) mass is 543 g/mol. The number of carbonyl (C=O) groups excluding carboxylic acids is 2. The number of hydrogen-bond donors (Lipinski definition) is 1. The minimum atomic E-state index is -0.238. The normalized spacial score (nSPS) is 13.7. The molecule has 1 aliphatic heterocycles. The van der Waals surface area contributed by atoms with Crippen LogP contribution in [-0.4, -0.2) is 50.5 Å². The first-order valence-corrected chi connectivity index (χ1v) is 13.5.